The number of para-hydroxylation sites is 2. The van der Waals surface area contributed by atoms with Crippen LogP contribution >= 0.6 is 0 Å². The molecule has 1 unspecified atom stereocenters. The average molecular weight is 348 g/mol. The molecule has 1 atom stereocenters. The lowest BCUT2D eigenvalue weighted by atomic mass is 10.2. The van der Waals surface area contributed by atoms with E-state index in [2.05, 4.69) is 15.5 Å². The van der Waals surface area contributed by atoms with E-state index in [0.717, 1.165) is 5.69 Å². The van der Waals surface area contributed by atoms with Crippen molar-refractivity contribution in [1.82, 2.24) is 9.55 Å². The Bertz CT molecular complexity index is 1070. The second-order valence-electron chi connectivity index (χ2n) is 5.91. The Morgan fingerprint density at radius 3 is 2.69 bits per heavy atom. The van der Waals surface area contributed by atoms with Gasteiger partial charge in [-0.15, -0.1) is 0 Å². The van der Waals surface area contributed by atoms with E-state index < -0.39 is 12.0 Å². The van der Waals surface area contributed by atoms with E-state index in [4.69, 9.17) is 4.74 Å². The number of ether oxygens (including phenoxy) is 1. The molecule has 0 fully saturated rings. The SMILES string of the molecule is COC(=O)C1C/C(=N\Nc2ccccc2)c2nc3ccccc3c(=O)n21. The lowest BCUT2D eigenvalue weighted by Gasteiger charge is -2.11. The molecule has 1 aliphatic rings. The van der Waals surface area contributed by atoms with Gasteiger partial charge in [0.05, 0.1) is 23.7 Å². The van der Waals surface area contributed by atoms with E-state index >= 15 is 0 Å². The maximum atomic E-state index is 12.9. The second-order valence-corrected chi connectivity index (χ2v) is 5.91. The molecule has 1 aromatic heterocycles. The smallest absolute Gasteiger partial charge is 0.329 e. The zero-order chi connectivity index (χ0) is 18.1. The van der Waals surface area contributed by atoms with Gasteiger partial charge in [-0.25, -0.2) is 9.78 Å². The fourth-order valence-corrected chi connectivity index (χ4v) is 3.07. The Labute approximate surface area is 148 Å². The minimum Gasteiger partial charge on any atom is -0.467 e. The van der Waals surface area contributed by atoms with Crippen molar-refractivity contribution in [3.63, 3.8) is 0 Å². The number of rotatable bonds is 3. The van der Waals surface area contributed by atoms with Crippen molar-refractivity contribution in [2.75, 3.05) is 12.5 Å². The third-order valence-electron chi connectivity index (χ3n) is 4.33. The maximum absolute atomic E-state index is 12.9. The molecule has 4 rings (SSSR count). The molecule has 3 aromatic rings. The Morgan fingerprint density at radius 2 is 1.92 bits per heavy atom. The topological polar surface area (TPSA) is 85.6 Å². The van der Waals surface area contributed by atoms with E-state index in [-0.39, 0.29) is 12.0 Å². The molecular formula is C19H16N4O3. The number of anilines is 1. The minimum atomic E-state index is -0.768. The minimum absolute atomic E-state index is 0.241. The zero-order valence-corrected chi connectivity index (χ0v) is 14.0. The number of benzene rings is 2. The number of esters is 1. The van der Waals surface area contributed by atoms with E-state index in [1.54, 1.807) is 18.2 Å². The number of nitrogens with zero attached hydrogens (tertiary/aromatic N) is 3. The summed E-state index contributed by atoms with van der Waals surface area (Å²) < 4.78 is 6.24. The number of hydrogen-bond acceptors (Lipinski definition) is 6. The number of hydrazone groups is 1. The average Bonchev–Trinajstić information content (AvgIpc) is 3.05. The first-order valence-electron chi connectivity index (χ1n) is 8.16. The molecule has 0 spiro atoms. The highest BCUT2D eigenvalue weighted by atomic mass is 16.5. The van der Waals surface area contributed by atoms with Crippen LogP contribution < -0.4 is 11.0 Å². The van der Waals surface area contributed by atoms with Crippen molar-refractivity contribution in [1.29, 1.82) is 0 Å². The van der Waals surface area contributed by atoms with Crippen LogP contribution in [0.4, 0.5) is 5.69 Å². The first kappa shape index (κ1) is 16.0. The van der Waals surface area contributed by atoms with Crippen LogP contribution in [0.3, 0.4) is 0 Å². The van der Waals surface area contributed by atoms with Crippen molar-refractivity contribution in [3.8, 4) is 0 Å². The molecule has 1 N–H and O–H groups in total. The van der Waals surface area contributed by atoms with Gasteiger partial charge in [0.25, 0.3) is 5.56 Å². The molecule has 2 aromatic carbocycles. The van der Waals surface area contributed by atoms with Crippen molar-refractivity contribution < 1.29 is 9.53 Å². The molecule has 130 valence electrons. The van der Waals surface area contributed by atoms with E-state index in [1.807, 2.05) is 36.4 Å². The fraction of sp³-hybridized carbons (Fsp3) is 0.158. The van der Waals surface area contributed by atoms with E-state index in [0.29, 0.717) is 22.4 Å². The van der Waals surface area contributed by atoms with Gasteiger partial charge < -0.3 is 4.74 Å². The number of hydrogen-bond donors (Lipinski definition) is 1. The van der Waals surface area contributed by atoms with Crippen LogP contribution in [0.15, 0.2) is 64.5 Å². The van der Waals surface area contributed by atoms with Crippen LogP contribution in [0.2, 0.25) is 0 Å². The third kappa shape index (κ3) is 2.63. The normalized spacial score (nSPS) is 17.3. The lowest BCUT2D eigenvalue weighted by molar-refractivity contribution is -0.144. The summed E-state index contributed by atoms with van der Waals surface area (Å²) >= 11 is 0. The summed E-state index contributed by atoms with van der Waals surface area (Å²) in [4.78, 5) is 29.7. The highest BCUT2D eigenvalue weighted by Crippen LogP contribution is 2.26. The summed E-state index contributed by atoms with van der Waals surface area (Å²) in [7, 11) is 1.30. The molecular weight excluding hydrogens is 332 g/mol. The molecule has 0 bridgehead atoms. The Morgan fingerprint density at radius 1 is 1.19 bits per heavy atom. The first-order chi connectivity index (χ1) is 12.7. The van der Waals surface area contributed by atoms with Crippen LogP contribution in [-0.4, -0.2) is 28.3 Å². The number of methoxy groups -OCH3 is 1. The largest absolute Gasteiger partial charge is 0.467 e. The van der Waals surface area contributed by atoms with Gasteiger partial charge in [0, 0.05) is 6.42 Å². The summed E-state index contributed by atoms with van der Waals surface area (Å²) in [5.74, 6) is -0.108. The number of carbonyl (C=O) groups excluding carboxylic acids is 1. The van der Waals surface area contributed by atoms with Gasteiger partial charge in [-0.3, -0.25) is 14.8 Å². The highest BCUT2D eigenvalue weighted by Gasteiger charge is 2.36. The van der Waals surface area contributed by atoms with Crippen LogP contribution in [-0.2, 0) is 9.53 Å². The van der Waals surface area contributed by atoms with Gasteiger partial charge >= 0.3 is 5.97 Å². The fourth-order valence-electron chi connectivity index (χ4n) is 3.07. The van der Waals surface area contributed by atoms with Gasteiger partial charge in [-0.2, -0.15) is 5.10 Å². The molecule has 7 heteroatoms. The summed E-state index contributed by atoms with van der Waals surface area (Å²) in [6.45, 7) is 0. The molecule has 0 amide bonds. The lowest BCUT2D eigenvalue weighted by Crippen LogP contribution is -2.29. The first-order valence-corrected chi connectivity index (χ1v) is 8.16. The number of fused-ring (bicyclic) bond motifs is 2. The Hall–Kier alpha value is -3.48. The molecule has 1 aliphatic heterocycles. The standard InChI is InChI=1S/C19H16N4O3/c1-26-19(25)16-11-15(22-21-12-7-3-2-4-8-12)17-20-14-10-6-5-9-13(14)18(24)23(16)17/h2-10,16,21H,11H2,1H3/b22-15+. The van der Waals surface area contributed by atoms with Gasteiger partial charge in [-0.1, -0.05) is 30.3 Å². The Balaban J connectivity index is 1.85. The number of carbonyl (C=O) groups is 1. The van der Waals surface area contributed by atoms with Crippen LogP contribution in [0.1, 0.15) is 18.3 Å². The second kappa shape index (κ2) is 6.44. The third-order valence-corrected chi connectivity index (χ3v) is 4.33. The summed E-state index contributed by atoms with van der Waals surface area (Å²) in [5, 5.41) is 4.85. The maximum Gasteiger partial charge on any atom is 0.329 e. The van der Waals surface area contributed by atoms with Crippen molar-refractivity contribution in [3.05, 3.63) is 70.8 Å². The van der Waals surface area contributed by atoms with Gasteiger partial charge in [0.2, 0.25) is 0 Å². The van der Waals surface area contributed by atoms with Crippen LogP contribution in [0.25, 0.3) is 10.9 Å². The summed E-state index contributed by atoms with van der Waals surface area (Å²) in [6, 6.07) is 15.7. The van der Waals surface area contributed by atoms with Gasteiger partial charge in [-0.05, 0) is 24.3 Å². The van der Waals surface area contributed by atoms with Crippen molar-refractivity contribution in [2.24, 2.45) is 5.10 Å². The summed E-state index contributed by atoms with van der Waals surface area (Å²) in [5.41, 5.74) is 4.59. The van der Waals surface area contributed by atoms with E-state index in [9.17, 15) is 9.59 Å². The molecule has 2 heterocycles. The van der Waals surface area contributed by atoms with Crippen LogP contribution in [0.5, 0.6) is 0 Å². The Kier molecular flexibility index (Phi) is 3.96. The molecule has 0 saturated heterocycles. The zero-order valence-electron chi connectivity index (χ0n) is 14.0. The van der Waals surface area contributed by atoms with Gasteiger partial charge in [0.1, 0.15) is 11.8 Å². The monoisotopic (exact) mass is 348 g/mol. The molecule has 0 saturated carbocycles. The molecule has 26 heavy (non-hydrogen) atoms. The van der Waals surface area contributed by atoms with Crippen molar-refractivity contribution in [2.45, 2.75) is 12.5 Å². The predicted octanol–water partition coefficient (Wildman–Crippen LogP) is 2.33. The molecule has 7 nitrogen and oxygen atoms in total. The molecule has 0 radical (unpaired) electrons. The highest BCUT2D eigenvalue weighted by molar-refractivity contribution is 6.04. The summed E-state index contributed by atoms with van der Waals surface area (Å²) in [6.07, 6.45) is 0.241. The molecule has 0 aliphatic carbocycles. The predicted molar refractivity (Wildman–Crippen MR) is 98.3 cm³/mol. The number of aromatic nitrogens is 2. The van der Waals surface area contributed by atoms with Crippen molar-refractivity contribution >= 4 is 28.3 Å². The number of nitrogens with one attached hydrogen (secondary N) is 1. The van der Waals surface area contributed by atoms with E-state index in [1.165, 1.54) is 11.7 Å². The van der Waals surface area contributed by atoms with Gasteiger partial charge in [0.15, 0.2) is 5.82 Å². The van der Waals surface area contributed by atoms with Crippen LogP contribution in [0, 0.1) is 0 Å². The quantitative estimate of drug-likeness (QED) is 0.580.